The minimum Gasteiger partial charge on any atom is -0.480 e. The summed E-state index contributed by atoms with van der Waals surface area (Å²) in [6, 6.07) is -1.06. The van der Waals surface area contributed by atoms with Gasteiger partial charge in [0.05, 0.1) is 0 Å². The van der Waals surface area contributed by atoms with Crippen LogP contribution in [0.4, 0.5) is 0 Å². The quantitative estimate of drug-likeness (QED) is 0.535. The van der Waals surface area contributed by atoms with Gasteiger partial charge < -0.3 is 10.4 Å². The van der Waals surface area contributed by atoms with E-state index in [1.165, 1.54) is 32.6 Å². The van der Waals surface area contributed by atoms with E-state index < -0.39 is 24.3 Å². The molecule has 1 atom stereocenters. The fourth-order valence-electron chi connectivity index (χ4n) is 1.77. The van der Waals surface area contributed by atoms with Crippen LogP contribution in [0.25, 0.3) is 0 Å². The summed E-state index contributed by atoms with van der Waals surface area (Å²) in [5.41, 5.74) is 0. The molecule has 0 rings (SSSR count). The Morgan fingerprint density at radius 1 is 1.05 bits per heavy atom. The Morgan fingerprint density at radius 2 is 1.53 bits per heavy atom. The van der Waals surface area contributed by atoms with E-state index in [1.54, 1.807) is 0 Å². The summed E-state index contributed by atoms with van der Waals surface area (Å²) >= 11 is 0. The number of amides is 1. The second-order valence-corrected chi connectivity index (χ2v) is 4.94. The third kappa shape index (κ3) is 11.7. The number of hydrogen-bond donors (Lipinski definition) is 2. The molecule has 0 aliphatic rings. The van der Waals surface area contributed by atoms with Gasteiger partial charge in [-0.3, -0.25) is 9.59 Å². The zero-order valence-corrected chi connectivity index (χ0v) is 12.2. The van der Waals surface area contributed by atoms with Gasteiger partial charge in [0.1, 0.15) is 6.04 Å². The Hall–Kier alpha value is -1.06. The average Bonchev–Trinajstić information content (AvgIpc) is 2.41. The molecule has 0 heterocycles. The molecule has 0 saturated heterocycles. The van der Waals surface area contributed by atoms with Crippen molar-refractivity contribution in [2.75, 3.05) is 0 Å². The summed E-state index contributed by atoms with van der Waals surface area (Å²) < 4.78 is 15.4. The SMILES string of the molecule is [2H]C([2H])(CCCCCCCCCC)C(=O)N[C@@H](C)C(=O)O. The summed E-state index contributed by atoms with van der Waals surface area (Å²) in [5.74, 6) is -1.99. The molecule has 4 nitrogen and oxygen atoms in total. The first-order valence-corrected chi connectivity index (χ1v) is 7.35. The molecule has 0 aliphatic heterocycles. The average molecular weight is 273 g/mol. The van der Waals surface area contributed by atoms with Crippen LogP contribution in [0.3, 0.4) is 0 Å². The van der Waals surface area contributed by atoms with E-state index >= 15 is 0 Å². The van der Waals surface area contributed by atoms with Gasteiger partial charge in [-0.05, 0) is 13.3 Å². The minimum absolute atomic E-state index is 0.139. The molecule has 2 N–H and O–H groups in total. The number of rotatable bonds is 12. The summed E-state index contributed by atoms with van der Waals surface area (Å²) in [6.07, 6.45) is 6.89. The molecule has 0 aliphatic carbocycles. The van der Waals surface area contributed by atoms with Crippen LogP contribution in [0.1, 0.15) is 80.7 Å². The molecule has 0 fully saturated rings. The number of carbonyl (C=O) groups excluding carboxylic acids is 1. The molecule has 0 spiro atoms. The molecular weight excluding hydrogens is 242 g/mol. The van der Waals surface area contributed by atoms with Crippen molar-refractivity contribution in [3.63, 3.8) is 0 Å². The zero-order valence-electron chi connectivity index (χ0n) is 14.2. The lowest BCUT2D eigenvalue weighted by Gasteiger charge is -2.08. The Kier molecular flexibility index (Phi) is 9.06. The van der Waals surface area contributed by atoms with Crippen molar-refractivity contribution in [3.05, 3.63) is 0 Å². The summed E-state index contributed by atoms with van der Waals surface area (Å²) in [6.45, 7) is 3.50. The van der Waals surface area contributed by atoms with Crippen LogP contribution in [0.5, 0.6) is 0 Å². The maximum Gasteiger partial charge on any atom is 0.325 e. The maximum absolute atomic E-state index is 11.7. The summed E-state index contributed by atoms with van der Waals surface area (Å²) in [5, 5.41) is 10.9. The second kappa shape index (κ2) is 12.0. The van der Waals surface area contributed by atoms with Crippen molar-refractivity contribution in [2.24, 2.45) is 0 Å². The van der Waals surface area contributed by atoms with Crippen LogP contribution >= 0.6 is 0 Å². The fourth-order valence-corrected chi connectivity index (χ4v) is 1.77. The molecule has 0 unspecified atom stereocenters. The second-order valence-electron chi connectivity index (χ2n) is 4.94. The highest BCUT2D eigenvalue weighted by Crippen LogP contribution is 2.10. The third-order valence-electron chi connectivity index (χ3n) is 3.03. The minimum atomic E-state index is -1.99. The molecule has 1 amide bonds. The van der Waals surface area contributed by atoms with Gasteiger partial charge in [0.2, 0.25) is 5.91 Å². The van der Waals surface area contributed by atoms with Crippen molar-refractivity contribution in [3.8, 4) is 0 Å². The van der Waals surface area contributed by atoms with Crippen molar-refractivity contribution >= 4 is 11.9 Å². The maximum atomic E-state index is 11.7. The lowest BCUT2D eigenvalue weighted by molar-refractivity contribution is -0.141. The predicted molar refractivity (Wildman–Crippen MR) is 77.1 cm³/mol. The zero-order chi connectivity index (χ0) is 16.3. The number of carboxylic acids is 1. The number of hydrogen-bond acceptors (Lipinski definition) is 2. The topological polar surface area (TPSA) is 66.4 Å². The van der Waals surface area contributed by atoms with E-state index in [9.17, 15) is 9.59 Å². The largest absolute Gasteiger partial charge is 0.480 e. The lowest BCUT2D eigenvalue weighted by atomic mass is 10.1. The number of unbranched alkanes of at least 4 members (excludes halogenated alkanes) is 7. The van der Waals surface area contributed by atoms with E-state index in [-0.39, 0.29) is 6.42 Å². The lowest BCUT2D eigenvalue weighted by Crippen LogP contribution is -2.38. The number of carbonyl (C=O) groups is 2. The highest BCUT2D eigenvalue weighted by Gasteiger charge is 2.12. The molecular formula is C15H29NO3. The molecule has 0 radical (unpaired) electrons. The first kappa shape index (κ1) is 14.4. The van der Waals surface area contributed by atoms with Crippen LogP contribution in [0.15, 0.2) is 0 Å². The van der Waals surface area contributed by atoms with Crippen LogP contribution in [-0.2, 0) is 9.59 Å². The molecule has 4 heteroatoms. The number of carboxylic acid groups (broad SMARTS) is 1. The summed E-state index contributed by atoms with van der Waals surface area (Å²) in [7, 11) is 0. The van der Waals surface area contributed by atoms with Crippen molar-refractivity contribution in [1.82, 2.24) is 5.32 Å². The third-order valence-corrected chi connectivity index (χ3v) is 3.03. The van der Waals surface area contributed by atoms with Gasteiger partial charge in [-0.25, -0.2) is 0 Å². The Labute approximate surface area is 119 Å². The summed E-state index contributed by atoms with van der Waals surface area (Å²) in [4.78, 5) is 22.3. The molecule has 0 bridgehead atoms. The molecule has 0 aromatic carbocycles. The van der Waals surface area contributed by atoms with Gasteiger partial charge in [0.15, 0.2) is 0 Å². The molecule has 0 aromatic heterocycles. The van der Waals surface area contributed by atoms with Crippen molar-refractivity contribution in [2.45, 2.75) is 84.0 Å². The van der Waals surface area contributed by atoms with Gasteiger partial charge in [0.25, 0.3) is 0 Å². The van der Waals surface area contributed by atoms with Gasteiger partial charge in [-0.1, -0.05) is 58.3 Å². The van der Waals surface area contributed by atoms with E-state index in [0.717, 1.165) is 19.3 Å². The number of nitrogens with one attached hydrogen (secondary N) is 1. The highest BCUT2D eigenvalue weighted by molar-refractivity contribution is 5.83. The first-order chi connectivity index (χ1) is 9.81. The fraction of sp³-hybridized carbons (Fsp3) is 0.867. The normalized spacial score (nSPS) is 14.4. The van der Waals surface area contributed by atoms with Crippen LogP contribution in [0.2, 0.25) is 0 Å². The van der Waals surface area contributed by atoms with E-state index in [4.69, 9.17) is 7.85 Å². The van der Waals surface area contributed by atoms with Gasteiger partial charge in [-0.15, -0.1) is 0 Å². The Balaban J connectivity index is 3.81. The van der Waals surface area contributed by atoms with Gasteiger partial charge in [-0.2, -0.15) is 0 Å². The highest BCUT2D eigenvalue weighted by atomic mass is 16.4. The first-order valence-electron chi connectivity index (χ1n) is 8.35. The standard InChI is InChI=1S/C15H29NO3/c1-3-4-5-6-7-8-9-10-11-12-14(17)16-13(2)15(18)19/h13H,3-12H2,1-2H3,(H,16,17)(H,18,19)/t13-/m0/s1/i12D2. The van der Waals surface area contributed by atoms with Crippen LogP contribution in [0, 0.1) is 0 Å². The van der Waals surface area contributed by atoms with Crippen LogP contribution < -0.4 is 5.32 Å². The predicted octanol–water partition coefficient (Wildman–Crippen LogP) is 3.50. The monoisotopic (exact) mass is 273 g/mol. The Morgan fingerprint density at radius 3 is 2.00 bits per heavy atom. The van der Waals surface area contributed by atoms with Crippen molar-refractivity contribution in [1.29, 1.82) is 0 Å². The van der Waals surface area contributed by atoms with Crippen LogP contribution in [-0.4, -0.2) is 23.0 Å². The molecule has 112 valence electrons. The van der Waals surface area contributed by atoms with Crippen molar-refractivity contribution < 1.29 is 17.4 Å². The van der Waals surface area contributed by atoms with Gasteiger partial charge >= 0.3 is 5.97 Å². The van der Waals surface area contributed by atoms with E-state index in [1.807, 2.05) is 0 Å². The molecule has 19 heavy (non-hydrogen) atoms. The Bertz CT molecular complexity index is 322. The molecule has 0 saturated carbocycles. The van der Waals surface area contributed by atoms with E-state index in [2.05, 4.69) is 12.2 Å². The molecule has 0 aromatic rings. The van der Waals surface area contributed by atoms with E-state index in [0.29, 0.717) is 6.42 Å². The smallest absolute Gasteiger partial charge is 0.325 e. The number of aliphatic carboxylic acids is 1. The van der Waals surface area contributed by atoms with Gasteiger partial charge in [0, 0.05) is 9.11 Å².